The maximum absolute atomic E-state index is 11.6. The first-order valence-corrected chi connectivity index (χ1v) is 6.21. The van der Waals surface area contributed by atoms with Crippen molar-refractivity contribution in [2.45, 2.75) is 0 Å². The quantitative estimate of drug-likeness (QED) is 0.461. The normalized spacial score (nSPS) is 9.47. The molecule has 0 amide bonds. The predicted octanol–water partition coefficient (Wildman–Crippen LogP) is 2.75. The van der Waals surface area contributed by atoms with Crippen molar-refractivity contribution in [3.05, 3.63) is 26.8 Å². The topological polar surface area (TPSA) is 50.1 Å². The summed E-state index contributed by atoms with van der Waals surface area (Å²) in [6, 6.07) is 5.37. The molecule has 0 heterocycles. The highest BCUT2D eigenvalue weighted by molar-refractivity contribution is 14.1. The molecule has 0 bridgehead atoms. The maximum Gasteiger partial charge on any atom is 0.178 e. The van der Waals surface area contributed by atoms with Crippen molar-refractivity contribution in [2.24, 2.45) is 0 Å². The molecule has 0 aliphatic rings. The van der Waals surface area contributed by atoms with Gasteiger partial charge in [-0.1, -0.05) is 15.9 Å². The molecule has 5 heteroatoms. The standard InChI is InChI=1S/C10H7BrINO2/c1-15-10-7(12)3-2-6(5-13)9(10)8(14)4-11/h2-3H,4H2,1H3. The Morgan fingerprint density at radius 1 is 1.67 bits per heavy atom. The zero-order chi connectivity index (χ0) is 11.4. The Balaban J connectivity index is 3.49. The second-order valence-electron chi connectivity index (χ2n) is 2.67. The first-order chi connectivity index (χ1) is 7.15. The van der Waals surface area contributed by atoms with Crippen LogP contribution in [-0.2, 0) is 0 Å². The third kappa shape index (κ3) is 2.49. The van der Waals surface area contributed by atoms with Crippen LogP contribution in [0, 0.1) is 14.9 Å². The fourth-order valence-electron chi connectivity index (χ4n) is 1.19. The van der Waals surface area contributed by atoms with Gasteiger partial charge < -0.3 is 4.74 Å². The predicted molar refractivity (Wildman–Crippen MR) is 68.6 cm³/mol. The number of nitriles is 1. The second kappa shape index (κ2) is 5.47. The molecule has 0 aliphatic carbocycles. The van der Waals surface area contributed by atoms with E-state index in [1.165, 1.54) is 7.11 Å². The lowest BCUT2D eigenvalue weighted by molar-refractivity contribution is 0.102. The van der Waals surface area contributed by atoms with Gasteiger partial charge in [0.05, 0.1) is 27.1 Å². The Hall–Kier alpha value is -0.610. The van der Waals surface area contributed by atoms with Crippen LogP contribution in [0.1, 0.15) is 15.9 Å². The van der Waals surface area contributed by atoms with Crippen molar-refractivity contribution >= 4 is 44.3 Å². The molecule has 0 saturated heterocycles. The van der Waals surface area contributed by atoms with E-state index in [9.17, 15) is 4.79 Å². The van der Waals surface area contributed by atoms with Gasteiger partial charge in [0.1, 0.15) is 11.8 Å². The largest absolute Gasteiger partial charge is 0.495 e. The lowest BCUT2D eigenvalue weighted by atomic mass is 10.0. The van der Waals surface area contributed by atoms with E-state index < -0.39 is 0 Å². The van der Waals surface area contributed by atoms with Crippen molar-refractivity contribution in [3.63, 3.8) is 0 Å². The molecular formula is C10H7BrINO2. The molecule has 0 radical (unpaired) electrons. The van der Waals surface area contributed by atoms with Crippen LogP contribution in [0.2, 0.25) is 0 Å². The summed E-state index contributed by atoms with van der Waals surface area (Å²) in [5.41, 5.74) is 0.695. The summed E-state index contributed by atoms with van der Waals surface area (Å²) in [6.07, 6.45) is 0. The summed E-state index contributed by atoms with van der Waals surface area (Å²) < 4.78 is 5.96. The van der Waals surface area contributed by atoms with Crippen molar-refractivity contribution in [1.29, 1.82) is 5.26 Å². The lowest BCUT2D eigenvalue weighted by Crippen LogP contribution is -2.07. The van der Waals surface area contributed by atoms with Gasteiger partial charge in [0.25, 0.3) is 0 Å². The lowest BCUT2D eigenvalue weighted by Gasteiger charge is -2.09. The van der Waals surface area contributed by atoms with Crippen molar-refractivity contribution in [3.8, 4) is 11.8 Å². The number of hydrogen-bond donors (Lipinski definition) is 0. The van der Waals surface area contributed by atoms with Crippen LogP contribution in [0.5, 0.6) is 5.75 Å². The van der Waals surface area contributed by atoms with E-state index in [4.69, 9.17) is 10.00 Å². The number of nitrogens with zero attached hydrogens (tertiary/aromatic N) is 1. The van der Waals surface area contributed by atoms with Crippen LogP contribution in [0.3, 0.4) is 0 Å². The third-order valence-electron chi connectivity index (χ3n) is 1.83. The number of halogens is 2. The molecule has 0 N–H and O–H groups in total. The highest BCUT2D eigenvalue weighted by Gasteiger charge is 2.18. The van der Waals surface area contributed by atoms with Gasteiger partial charge >= 0.3 is 0 Å². The van der Waals surface area contributed by atoms with Crippen LogP contribution in [0.4, 0.5) is 0 Å². The van der Waals surface area contributed by atoms with Crippen LogP contribution in [0.25, 0.3) is 0 Å². The molecule has 3 nitrogen and oxygen atoms in total. The molecule has 0 aromatic heterocycles. The highest BCUT2D eigenvalue weighted by Crippen LogP contribution is 2.29. The van der Waals surface area contributed by atoms with Gasteiger partial charge in [0.2, 0.25) is 0 Å². The minimum absolute atomic E-state index is 0.151. The van der Waals surface area contributed by atoms with E-state index in [0.29, 0.717) is 16.9 Å². The summed E-state index contributed by atoms with van der Waals surface area (Å²) in [4.78, 5) is 11.6. The Morgan fingerprint density at radius 3 is 2.80 bits per heavy atom. The molecule has 0 aliphatic heterocycles. The highest BCUT2D eigenvalue weighted by atomic mass is 127. The third-order valence-corrected chi connectivity index (χ3v) is 3.19. The number of carbonyl (C=O) groups is 1. The molecule has 78 valence electrons. The van der Waals surface area contributed by atoms with E-state index >= 15 is 0 Å². The molecule has 0 saturated carbocycles. The number of benzene rings is 1. The van der Waals surface area contributed by atoms with Crippen molar-refractivity contribution in [2.75, 3.05) is 12.4 Å². The number of alkyl halides is 1. The zero-order valence-electron chi connectivity index (χ0n) is 7.88. The van der Waals surface area contributed by atoms with Gasteiger partial charge in [-0.2, -0.15) is 5.26 Å². The second-order valence-corrected chi connectivity index (χ2v) is 4.39. The molecular weight excluding hydrogens is 373 g/mol. The average molecular weight is 380 g/mol. The van der Waals surface area contributed by atoms with Crippen LogP contribution in [-0.4, -0.2) is 18.2 Å². The monoisotopic (exact) mass is 379 g/mol. The van der Waals surface area contributed by atoms with Gasteiger partial charge in [0.15, 0.2) is 5.78 Å². The number of ketones is 1. The first-order valence-electron chi connectivity index (χ1n) is 4.01. The molecule has 15 heavy (non-hydrogen) atoms. The van der Waals surface area contributed by atoms with Crippen molar-refractivity contribution < 1.29 is 9.53 Å². The molecule has 0 atom stereocenters. The minimum atomic E-state index is -0.151. The van der Waals surface area contributed by atoms with Gasteiger partial charge in [-0.05, 0) is 34.7 Å². The van der Waals surface area contributed by atoms with Crippen LogP contribution >= 0.6 is 38.5 Å². The minimum Gasteiger partial charge on any atom is -0.495 e. The fourth-order valence-corrected chi connectivity index (χ4v) is 2.14. The van der Waals surface area contributed by atoms with E-state index in [1.807, 2.05) is 6.07 Å². The van der Waals surface area contributed by atoms with E-state index in [0.717, 1.165) is 3.57 Å². The maximum atomic E-state index is 11.6. The Labute approximate surface area is 110 Å². The summed E-state index contributed by atoms with van der Waals surface area (Å²) in [5.74, 6) is 0.320. The van der Waals surface area contributed by atoms with Gasteiger partial charge in [0, 0.05) is 0 Å². The molecule has 0 fully saturated rings. The van der Waals surface area contributed by atoms with Gasteiger partial charge in [-0.3, -0.25) is 4.79 Å². The van der Waals surface area contributed by atoms with E-state index in [-0.39, 0.29) is 11.1 Å². The zero-order valence-corrected chi connectivity index (χ0v) is 11.6. The van der Waals surface area contributed by atoms with Crippen molar-refractivity contribution in [1.82, 2.24) is 0 Å². The number of Topliss-reactive ketones (excluding diaryl/α,β-unsaturated/α-hetero) is 1. The first kappa shape index (κ1) is 12.5. The number of ether oxygens (including phenoxy) is 1. The fraction of sp³-hybridized carbons (Fsp3) is 0.200. The summed E-state index contributed by atoms with van der Waals surface area (Å²) >= 11 is 5.15. The average Bonchev–Trinajstić information content (AvgIpc) is 2.27. The summed E-state index contributed by atoms with van der Waals surface area (Å²) in [6.45, 7) is 0. The number of hydrogen-bond acceptors (Lipinski definition) is 3. The van der Waals surface area contributed by atoms with Gasteiger partial charge in [-0.15, -0.1) is 0 Å². The number of rotatable bonds is 3. The molecule has 1 aromatic carbocycles. The molecule has 0 unspecified atom stereocenters. The van der Waals surface area contributed by atoms with E-state index in [2.05, 4.69) is 38.5 Å². The Kier molecular flexibility index (Phi) is 4.54. The van der Waals surface area contributed by atoms with Crippen LogP contribution < -0.4 is 4.74 Å². The van der Waals surface area contributed by atoms with Gasteiger partial charge in [-0.25, -0.2) is 0 Å². The van der Waals surface area contributed by atoms with Crippen LogP contribution in [0.15, 0.2) is 12.1 Å². The van der Waals surface area contributed by atoms with E-state index in [1.54, 1.807) is 12.1 Å². The molecule has 1 aromatic rings. The Bertz CT molecular complexity index is 440. The summed E-state index contributed by atoms with van der Waals surface area (Å²) in [5, 5.41) is 9.08. The molecule has 1 rings (SSSR count). The summed E-state index contributed by atoms with van der Waals surface area (Å²) in [7, 11) is 1.49. The SMILES string of the molecule is COc1c(I)ccc(C#N)c1C(=O)CBr. The molecule has 0 spiro atoms. The smallest absolute Gasteiger partial charge is 0.178 e. The Morgan fingerprint density at radius 2 is 2.33 bits per heavy atom. The number of methoxy groups -OCH3 is 1. The number of carbonyl (C=O) groups excluding carboxylic acids is 1.